The van der Waals surface area contributed by atoms with Crippen molar-refractivity contribution in [1.82, 2.24) is 0 Å². The molecule has 0 aliphatic heterocycles. The zero-order chi connectivity index (χ0) is 33.5. The average Bonchev–Trinajstić information content (AvgIpc) is 3.22. The molecule has 1 nitrogen and oxygen atoms in total. The van der Waals surface area contributed by atoms with Gasteiger partial charge in [0.15, 0.2) is 0 Å². The fourth-order valence-corrected chi connectivity index (χ4v) is 8.03. The molecule has 4 atom stereocenters. The number of rotatable bonds is 8. The Balaban J connectivity index is 0.000000533. The van der Waals surface area contributed by atoms with E-state index in [2.05, 4.69) is 132 Å². The van der Waals surface area contributed by atoms with Crippen molar-refractivity contribution in [1.29, 1.82) is 0 Å². The van der Waals surface area contributed by atoms with Gasteiger partial charge in [-0.25, -0.2) is 0 Å². The molecule has 1 aromatic carbocycles. The quantitative estimate of drug-likeness (QED) is 0.209. The molecule has 1 saturated carbocycles. The zero-order valence-corrected chi connectivity index (χ0v) is 29.8. The molecule has 4 aliphatic rings. The summed E-state index contributed by atoms with van der Waals surface area (Å²) in [5.74, 6) is 0.646. The van der Waals surface area contributed by atoms with Crippen LogP contribution in [-0.4, -0.2) is 12.1 Å². The van der Waals surface area contributed by atoms with Gasteiger partial charge in [0.05, 0.1) is 6.04 Å². The summed E-state index contributed by atoms with van der Waals surface area (Å²) in [5, 5.41) is 0. The molecule has 0 saturated heterocycles. The molecule has 1 aromatic rings. The Morgan fingerprint density at radius 2 is 1.72 bits per heavy atom. The molecule has 0 heterocycles. The van der Waals surface area contributed by atoms with E-state index in [1.165, 1.54) is 47.2 Å². The van der Waals surface area contributed by atoms with Crippen molar-refractivity contribution in [2.24, 2.45) is 16.7 Å². The van der Waals surface area contributed by atoms with E-state index < -0.39 is 0 Å². The minimum Gasteiger partial charge on any atom is -0.358 e. The maximum Gasteiger partial charge on any atom is 0.0519 e. The Hall–Kier alpha value is -3.84. The molecule has 4 aliphatic carbocycles. The Morgan fingerprint density at radius 3 is 2.35 bits per heavy atom. The van der Waals surface area contributed by atoms with Crippen LogP contribution in [0.15, 0.2) is 150 Å². The number of hydrogen-bond donors (Lipinski definition) is 0. The third-order valence-electron chi connectivity index (χ3n) is 10.6. The summed E-state index contributed by atoms with van der Waals surface area (Å²) in [5.41, 5.74) is 11.5. The largest absolute Gasteiger partial charge is 0.358 e. The van der Waals surface area contributed by atoms with Crippen LogP contribution >= 0.6 is 0 Å². The first-order chi connectivity index (χ1) is 22.0. The lowest BCUT2D eigenvalue weighted by Crippen LogP contribution is -2.46. The number of nitrogens with zero attached hydrogens (tertiary/aromatic N) is 1. The summed E-state index contributed by atoms with van der Waals surface area (Å²) >= 11 is 0. The fraction of sp³-hybridized carbons (Fsp3) is 0.378. The Labute approximate surface area is 281 Å². The van der Waals surface area contributed by atoms with Gasteiger partial charge in [-0.1, -0.05) is 159 Å². The van der Waals surface area contributed by atoms with Crippen molar-refractivity contribution in [3.05, 3.63) is 156 Å². The van der Waals surface area contributed by atoms with E-state index in [4.69, 9.17) is 0 Å². The van der Waals surface area contributed by atoms with Crippen LogP contribution in [-0.2, 0) is 0 Å². The Bertz CT molecular complexity index is 1550. The summed E-state index contributed by atoms with van der Waals surface area (Å²) in [6, 6.07) is 10.0. The SMILES string of the molecule is C=C(C)/C=C\C=C/C.C=C/C=C\C(=C/C)c1ccc(N(C2C=C3C(C)(C)C4=CC=CCC4C3(C)CC2)C2C=CC(C)=C(C)C2)cc1. The van der Waals surface area contributed by atoms with Gasteiger partial charge in [0.2, 0.25) is 0 Å². The molecule has 242 valence electrons. The number of hydrogen-bond acceptors (Lipinski definition) is 1. The highest BCUT2D eigenvalue weighted by Crippen LogP contribution is 2.65. The highest BCUT2D eigenvalue weighted by atomic mass is 15.2. The van der Waals surface area contributed by atoms with Crippen molar-refractivity contribution >= 4 is 11.3 Å². The van der Waals surface area contributed by atoms with Gasteiger partial charge in [0, 0.05) is 17.1 Å². The van der Waals surface area contributed by atoms with Crippen molar-refractivity contribution in [3.8, 4) is 0 Å². The standard InChI is InChI=1S/C37H45N.C8H12/c1-8-10-13-28(9-2)29-17-20-30(21-18-29)38(31-19-16-26(3)27(4)24-31)32-22-23-37(7)34-15-12-11-14-33(34)36(5,6)35(37)25-32;1-4-5-6-7-8(2)3/h8-14,16-21,25,31-32,34H,1,15,22-24H2,2-7H3;4-7H,2H2,1,3H3/b13-10-,28-9+;5-4-,7-6-. The van der Waals surface area contributed by atoms with Gasteiger partial charge in [-0.05, 0) is 94.9 Å². The lowest BCUT2D eigenvalue weighted by atomic mass is 9.66. The second kappa shape index (κ2) is 15.2. The van der Waals surface area contributed by atoms with Crippen molar-refractivity contribution < 1.29 is 0 Å². The first kappa shape index (κ1) is 35.0. The molecule has 0 radical (unpaired) electrons. The summed E-state index contributed by atoms with van der Waals surface area (Å²) < 4.78 is 0. The molecule has 1 fully saturated rings. The van der Waals surface area contributed by atoms with Crippen LogP contribution in [0.5, 0.6) is 0 Å². The lowest BCUT2D eigenvalue weighted by Gasteiger charge is -2.46. The van der Waals surface area contributed by atoms with Gasteiger partial charge in [-0.15, -0.1) is 0 Å². The van der Waals surface area contributed by atoms with E-state index >= 15 is 0 Å². The van der Waals surface area contributed by atoms with E-state index in [9.17, 15) is 0 Å². The van der Waals surface area contributed by atoms with Gasteiger partial charge >= 0.3 is 0 Å². The van der Waals surface area contributed by atoms with Crippen molar-refractivity contribution in [2.45, 2.75) is 93.2 Å². The second-order valence-electron chi connectivity index (χ2n) is 14.2. The summed E-state index contributed by atoms with van der Waals surface area (Å²) in [7, 11) is 0. The van der Waals surface area contributed by atoms with Crippen molar-refractivity contribution in [2.75, 3.05) is 4.90 Å². The van der Waals surface area contributed by atoms with Gasteiger partial charge in [-0.2, -0.15) is 0 Å². The molecular weight excluding hydrogens is 555 g/mol. The first-order valence-electron chi connectivity index (χ1n) is 17.2. The molecule has 5 rings (SSSR count). The maximum atomic E-state index is 3.83. The molecule has 0 amide bonds. The zero-order valence-electron chi connectivity index (χ0n) is 29.8. The first-order valence-corrected chi connectivity index (χ1v) is 17.2. The van der Waals surface area contributed by atoms with Crippen LogP contribution in [0, 0.1) is 16.7 Å². The predicted octanol–water partition coefficient (Wildman–Crippen LogP) is 12.6. The smallest absolute Gasteiger partial charge is 0.0519 e. The van der Waals surface area contributed by atoms with Gasteiger partial charge in [0.25, 0.3) is 0 Å². The topological polar surface area (TPSA) is 3.24 Å². The maximum absolute atomic E-state index is 3.83. The molecule has 0 bridgehead atoms. The minimum atomic E-state index is 0.117. The van der Waals surface area contributed by atoms with Crippen LogP contribution in [0.4, 0.5) is 5.69 Å². The van der Waals surface area contributed by atoms with Crippen LogP contribution in [0.1, 0.15) is 86.6 Å². The molecule has 0 aromatic heterocycles. The number of anilines is 1. The summed E-state index contributed by atoms with van der Waals surface area (Å²) in [6.07, 6.45) is 35.3. The van der Waals surface area contributed by atoms with Crippen LogP contribution in [0.25, 0.3) is 5.57 Å². The molecule has 4 unspecified atom stereocenters. The normalized spacial score (nSPS) is 26.9. The highest BCUT2D eigenvalue weighted by Gasteiger charge is 2.56. The average molecular weight is 612 g/mol. The van der Waals surface area contributed by atoms with E-state index in [0.29, 0.717) is 18.0 Å². The highest BCUT2D eigenvalue weighted by molar-refractivity contribution is 5.75. The third kappa shape index (κ3) is 7.41. The van der Waals surface area contributed by atoms with E-state index in [1.807, 2.05) is 50.3 Å². The Kier molecular flexibility index (Phi) is 11.5. The molecule has 0 N–H and O–H groups in total. The molecular formula is C45H57N. The lowest BCUT2D eigenvalue weighted by molar-refractivity contribution is 0.251. The summed E-state index contributed by atoms with van der Waals surface area (Å²) in [6.45, 7) is 25.6. The second-order valence-corrected chi connectivity index (χ2v) is 14.2. The van der Waals surface area contributed by atoms with Gasteiger partial charge in [-0.3, -0.25) is 0 Å². The van der Waals surface area contributed by atoms with E-state index in [1.54, 1.807) is 11.1 Å². The molecule has 46 heavy (non-hydrogen) atoms. The van der Waals surface area contributed by atoms with Gasteiger partial charge in [0.1, 0.15) is 0 Å². The minimum absolute atomic E-state index is 0.117. The number of benzene rings is 1. The van der Waals surface area contributed by atoms with E-state index in [0.717, 1.165) is 12.0 Å². The predicted molar refractivity (Wildman–Crippen MR) is 205 cm³/mol. The van der Waals surface area contributed by atoms with Crippen LogP contribution in [0.2, 0.25) is 0 Å². The third-order valence-corrected chi connectivity index (χ3v) is 10.6. The van der Waals surface area contributed by atoms with E-state index in [-0.39, 0.29) is 10.8 Å². The van der Waals surface area contributed by atoms with Crippen LogP contribution < -0.4 is 4.90 Å². The molecule has 0 spiro atoms. The van der Waals surface area contributed by atoms with Gasteiger partial charge < -0.3 is 4.90 Å². The molecule has 1 heteroatoms. The monoisotopic (exact) mass is 611 g/mol. The fourth-order valence-electron chi connectivity index (χ4n) is 8.03. The van der Waals surface area contributed by atoms with Crippen LogP contribution in [0.3, 0.4) is 0 Å². The van der Waals surface area contributed by atoms with Crippen molar-refractivity contribution in [3.63, 3.8) is 0 Å². The number of allylic oxidation sites excluding steroid dienone is 17. The Morgan fingerprint density at radius 1 is 0.978 bits per heavy atom. The number of fused-ring (bicyclic) bond motifs is 3. The summed E-state index contributed by atoms with van der Waals surface area (Å²) in [4.78, 5) is 2.72.